The fourth-order valence-corrected chi connectivity index (χ4v) is 3.11. The molecule has 0 aliphatic heterocycles. The zero-order chi connectivity index (χ0) is 14.2. The van der Waals surface area contributed by atoms with Crippen molar-refractivity contribution in [1.29, 1.82) is 0 Å². The van der Waals surface area contributed by atoms with Crippen LogP contribution in [-0.4, -0.2) is 11.7 Å². The van der Waals surface area contributed by atoms with Crippen molar-refractivity contribution in [3.8, 4) is 0 Å². The number of aliphatic hydroxyl groups is 1. The molecule has 0 radical (unpaired) electrons. The molecule has 3 rings (SSSR count). The van der Waals surface area contributed by atoms with Gasteiger partial charge in [0.25, 0.3) is 0 Å². The number of halogens is 1. The number of benzene rings is 2. The highest BCUT2D eigenvalue weighted by Gasteiger charge is 2.38. The number of fused-ring (bicyclic) bond motifs is 1. The normalized spacial score (nSPS) is 20.8. The van der Waals surface area contributed by atoms with E-state index < -0.39 is 0 Å². The molecule has 0 saturated carbocycles. The quantitative estimate of drug-likeness (QED) is 0.897. The van der Waals surface area contributed by atoms with E-state index in [0.29, 0.717) is 0 Å². The minimum atomic E-state index is -0.380. The summed E-state index contributed by atoms with van der Waals surface area (Å²) in [7, 11) is 0. The van der Waals surface area contributed by atoms with Crippen LogP contribution in [0.4, 0.5) is 5.69 Å². The van der Waals surface area contributed by atoms with E-state index in [1.165, 1.54) is 16.7 Å². The molecule has 0 bridgehead atoms. The molecule has 0 fully saturated rings. The molecule has 0 heterocycles. The lowest BCUT2D eigenvalue weighted by Crippen LogP contribution is -2.37. The third-order valence-electron chi connectivity index (χ3n) is 4.10. The molecule has 1 aliphatic rings. The Bertz CT molecular complexity index is 623. The van der Waals surface area contributed by atoms with E-state index in [9.17, 15) is 5.11 Å². The van der Waals surface area contributed by atoms with Gasteiger partial charge in [0.1, 0.15) is 0 Å². The van der Waals surface area contributed by atoms with E-state index in [2.05, 4.69) is 30.4 Å². The van der Waals surface area contributed by atoms with Crippen LogP contribution in [0.15, 0.2) is 42.5 Å². The van der Waals surface area contributed by atoms with Crippen LogP contribution in [-0.2, 0) is 12.0 Å². The standard InChI is InChI=1S/C17H18ClNO/c1-12-2-3-13-8-9-17(11-20,16(13)10-12)19-15-6-4-14(18)5-7-15/h2-7,10,19-20H,8-9,11H2,1H3. The molecule has 2 aromatic carbocycles. The molecule has 20 heavy (non-hydrogen) atoms. The first-order valence-electron chi connectivity index (χ1n) is 6.88. The van der Waals surface area contributed by atoms with Crippen LogP contribution in [0, 0.1) is 6.92 Å². The summed E-state index contributed by atoms with van der Waals surface area (Å²) in [6.45, 7) is 2.18. The first kappa shape index (κ1) is 13.5. The van der Waals surface area contributed by atoms with E-state index >= 15 is 0 Å². The molecule has 1 atom stereocenters. The first-order chi connectivity index (χ1) is 9.63. The van der Waals surface area contributed by atoms with Gasteiger partial charge in [-0.1, -0.05) is 35.4 Å². The molecule has 104 valence electrons. The molecule has 1 aliphatic carbocycles. The van der Waals surface area contributed by atoms with Gasteiger partial charge in [-0.15, -0.1) is 0 Å². The van der Waals surface area contributed by atoms with Crippen molar-refractivity contribution in [3.05, 3.63) is 64.2 Å². The average Bonchev–Trinajstić information content (AvgIpc) is 2.80. The van der Waals surface area contributed by atoms with Crippen molar-refractivity contribution < 1.29 is 5.11 Å². The Morgan fingerprint density at radius 1 is 1.20 bits per heavy atom. The predicted molar refractivity (Wildman–Crippen MR) is 83.3 cm³/mol. The highest BCUT2D eigenvalue weighted by atomic mass is 35.5. The van der Waals surface area contributed by atoms with E-state index in [1.807, 2.05) is 24.3 Å². The first-order valence-corrected chi connectivity index (χ1v) is 7.25. The Hall–Kier alpha value is -1.51. The van der Waals surface area contributed by atoms with Crippen LogP contribution >= 0.6 is 11.6 Å². The summed E-state index contributed by atoms with van der Waals surface area (Å²) in [5, 5.41) is 14.2. The summed E-state index contributed by atoms with van der Waals surface area (Å²) in [4.78, 5) is 0. The number of rotatable bonds is 3. The molecule has 0 saturated heterocycles. The van der Waals surface area contributed by atoms with Crippen molar-refractivity contribution in [1.82, 2.24) is 0 Å². The predicted octanol–water partition coefficient (Wildman–Crippen LogP) is 3.89. The fourth-order valence-electron chi connectivity index (χ4n) is 2.98. The molecule has 3 heteroatoms. The lowest BCUT2D eigenvalue weighted by atomic mass is 9.91. The summed E-state index contributed by atoms with van der Waals surface area (Å²) >= 11 is 5.92. The van der Waals surface area contributed by atoms with Crippen molar-refractivity contribution >= 4 is 17.3 Å². The molecule has 0 spiro atoms. The number of aryl methyl sites for hydroxylation is 2. The number of nitrogens with one attached hydrogen (secondary N) is 1. The molecule has 2 nitrogen and oxygen atoms in total. The van der Waals surface area contributed by atoms with Crippen LogP contribution in [0.3, 0.4) is 0 Å². The smallest absolute Gasteiger partial charge is 0.0862 e. The second-order valence-electron chi connectivity index (χ2n) is 5.53. The third kappa shape index (κ3) is 2.30. The van der Waals surface area contributed by atoms with E-state index in [0.717, 1.165) is 23.6 Å². The van der Waals surface area contributed by atoms with Gasteiger partial charge in [-0.25, -0.2) is 0 Å². The van der Waals surface area contributed by atoms with Crippen LogP contribution in [0.2, 0.25) is 5.02 Å². The number of hydrogen-bond donors (Lipinski definition) is 2. The second kappa shape index (κ2) is 5.12. The summed E-state index contributed by atoms with van der Waals surface area (Å²) in [6, 6.07) is 14.1. The van der Waals surface area contributed by atoms with Gasteiger partial charge >= 0.3 is 0 Å². The van der Waals surface area contributed by atoms with Gasteiger partial charge in [0, 0.05) is 10.7 Å². The molecule has 2 aromatic rings. The minimum absolute atomic E-state index is 0.0894. The summed E-state index contributed by atoms with van der Waals surface area (Å²) < 4.78 is 0. The van der Waals surface area contributed by atoms with Gasteiger partial charge in [0.15, 0.2) is 0 Å². The maximum absolute atomic E-state index is 9.98. The Labute approximate surface area is 124 Å². The molecular weight excluding hydrogens is 270 g/mol. The van der Waals surface area contributed by atoms with Crippen LogP contribution in [0.25, 0.3) is 0 Å². The van der Waals surface area contributed by atoms with Crippen LogP contribution in [0.5, 0.6) is 0 Å². The van der Waals surface area contributed by atoms with E-state index in [1.54, 1.807) is 0 Å². The molecule has 1 unspecified atom stereocenters. The topological polar surface area (TPSA) is 32.3 Å². The van der Waals surface area contributed by atoms with Crippen molar-refractivity contribution in [2.45, 2.75) is 25.3 Å². The minimum Gasteiger partial charge on any atom is -0.394 e. The van der Waals surface area contributed by atoms with Gasteiger partial charge in [0.2, 0.25) is 0 Å². The maximum Gasteiger partial charge on any atom is 0.0862 e. The summed E-state index contributed by atoms with van der Waals surface area (Å²) in [6.07, 6.45) is 1.90. The lowest BCUT2D eigenvalue weighted by Gasteiger charge is -2.31. The Morgan fingerprint density at radius 3 is 2.65 bits per heavy atom. The number of anilines is 1. The SMILES string of the molecule is Cc1ccc2c(c1)C(CO)(Nc1ccc(Cl)cc1)CC2. The van der Waals surface area contributed by atoms with Gasteiger partial charge < -0.3 is 10.4 Å². The van der Waals surface area contributed by atoms with Crippen LogP contribution in [0.1, 0.15) is 23.1 Å². The van der Waals surface area contributed by atoms with Gasteiger partial charge in [-0.05, 0) is 55.2 Å². The zero-order valence-corrected chi connectivity index (χ0v) is 12.2. The van der Waals surface area contributed by atoms with E-state index in [4.69, 9.17) is 11.6 Å². The van der Waals surface area contributed by atoms with Crippen molar-refractivity contribution in [2.24, 2.45) is 0 Å². The molecule has 2 N–H and O–H groups in total. The number of hydrogen-bond acceptors (Lipinski definition) is 2. The molecule has 0 amide bonds. The third-order valence-corrected chi connectivity index (χ3v) is 4.35. The number of aliphatic hydroxyl groups excluding tert-OH is 1. The maximum atomic E-state index is 9.98. The molecule has 0 aromatic heterocycles. The Morgan fingerprint density at radius 2 is 1.95 bits per heavy atom. The van der Waals surface area contributed by atoms with Crippen LogP contribution < -0.4 is 5.32 Å². The van der Waals surface area contributed by atoms with Gasteiger partial charge in [-0.3, -0.25) is 0 Å². The monoisotopic (exact) mass is 287 g/mol. The zero-order valence-electron chi connectivity index (χ0n) is 11.5. The second-order valence-corrected chi connectivity index (χ2v) is 5.97. The summed E-state index contributed by atoms with van der Waals surface area (Å²) in [5.41, 5.74) is 4.37. The van der Waals surface area contributed by atoms with Gasteiger partial charge in [-0.2, -0.15) is 0 Å². The average molecular weight is 288 g/mol. The fraction of sp³-hybridized carbons (Fsp3) is 0.294. The van der Waals surface area contributed by atoms with Crippen molar-refractivity contribution in [3.63, 3.8) is 0 Å². The van der Waals surface area contributed by atoms with Crippen molar-refractivity contribution in [2.75, 3.05) is 11.9 Å². The Balaban J connectivity index is 1.98. The van der Waals surface area contributed by atoms with E-state index in [-0.39, 0.29) is 12.1 Å². The Kier molecular flexibility index (Phi) is 3.45. The van der Waals surface area contributed by atoms with Gasteiger partial charge in [0.05, 0.1) is 12.1 Å². The highest BCUT2D eigenvalue weighted by Crippen LogP contribution is 2.39. The largest absolute Gasteiger partial charge is 0.394 e. The lowest BCUT2D eigenvalue weighted by molar-refractivity contribution is 0.211. The summed E-state index contributed by atoms with van der Waals surface area (Å²) in [5.74, 6) is 0. The molecular formula is C17H18ClNO. The highest BCUT2D eigenvalue weighted by molar-refractivity contribution is 6.30.